The number of benzene rings is 1. The van der Waals surface area contributed by atoms with Gasteiger partial charge >= 0.3 is 0 Å². The Labute approximate surface area is 140 Å². The largest absolute Gasteiger partial charge is 0.368 e. The highest BCUT2D eigenvalue weighted by atomic mass is 35.5. The zero-order valence-electron chi connectivity index (χ0n) is 12.9. The lowest BCUT2D eigenvalue weighted by Gasteiger charge is -2.36. The van der Waals surface area contributed by atoms with Crippen LogP contribution in [0.2, 0.25) is 5.02 Å². The fraction of sp³-hybridized carbons (Fsp3) is 0.278. The molecular weight excluding hydrogens is 308 g/mol. The molecule has 0 aliphatic carbocycles. The average molecular weight is 327 g/mol. The molecule has 0 radical (unpaired) electrons. The normalized spacial score (nSPS) is 16.1. The van der Waals surface area contributed by atoms with Crippen molar-refractivity contribution in [2.75, 3.05) is 31.1 Å². The predicted octanol–water partition coefficient (Wildman–Crippen LogP) is 3.31. The Bertz CT molecular complexity index is 805. The summed E-state index contributed by atoms with van der Waals surface area (Å²) in [4.78, 5) is 9.31. The molecule has 1 aliphatic rings. The maximum Gasteiger partial charge on any atom is 0.136 e. The van der Waals surface area contributed by atoms with Crippen LogP contribution in [0.3, 0.4) is 0 Å². The van der Waals surface area contributed by atoms with Crippen molar-refractivity contribution in [2.24, 2.45) is 0 Å². The van der Waals surface area contributed by atoms with E-state index in [-0.39, 0.29) is 0 Å². The minimum Gasteiger partial charge on any atom is -0.368 e. The topological polar surface area (TPSA) is 23.8 Å². The Hall–Kier alpha value is -2.04. The van der Waals surface area contributed by atoms with Crippen molar-refractivity contribution >= 4 is 22.9 Å². The van der Waals surface area contributed by atoms with Gasteiger partial charge in [0.2, 0.25) is 0 Å². The van der Waals surface area contributed by atoms with Crippen LogP contribution in [0.25, 0.3) is 5.65 Å². The zero-order chi connectivity index (χ0) is 15.6. The lowest BCUT2D eigenvalue weighted by molar-refractivity contribution is 0.246. The number of imidazole rings is 1. The SMILES string of the molecule is Clc1ccccc1N1CCN(Cc2cnc3ccccn23)CC1. The van der Waals surface area contributed by atoms with Gasteiger partial charge in [0.25, 0.3) is 0 Å². The molecule has 1 aliphatic heterocycles. The lowest BCUT2D eigenvalue weighted by Crippen LogP contribution is -2.46. The van der Waals surface area contributed by atoms with Gasteiger partial charge in [0.15, 0.2) is 0 Å². The van der Waals surface area contributed by atoms with E-state index in [4.69, 9.17) is 11.6 Å². The molecule has 1 saturated heterocycles. The Morgan fingerprint density at radius 1 is 0.957 bits per heavy atom. The minimum atomic E-state index is 0.836. The monoisotopic (exact) mass is 326 g/mol. The maximum absolute atomic E-state index is 6.31. The van der Waals surface area contributed by atoms with Gasteiger partial charge in [0.1, 0.15) is 5.65 Å². The number of nitrogens with zero attached hydrogens (tertiary/aromatic N) is 4. The lowest BCUT2D eigenvalue weighted by atomic mass is 10.2. The standard InChI is InChI=1S/C18H19ClN4/c19-16-5-1-2-6-17(16)22-11-9-21(10-12-22)14-15-13-20-18-7-3-4-8-23(15)18/h1-8,13H,9-12,14H2. The molecule has 0 N–H and O–H groups in total. The number of para-hydroxylation sites is 1. The summed E-state index contributed by atoms with van der Waals surface area (Å²) >= 11 is 6.31. The summed E-state index contributed by atoms with van der Waals surface area (Å²) in [7, 11) is 0. The number of rotatable bonds is 3. The molecule has 1 fully saturated rings. The van der Waals surface area contributed by atoms with Crippen molar-refractivity contribution < 1.29 is 0 Å². The number of hydrogen-bond donors (Lipinski definition) is 0. The Morgan fingerprint density at radius 3 is 2.57 bits per heavy atom. The molecule has 3 heterocycles. The number of pyridine rings is 1. The molecule has 4 rings (SSSR count). The third-order valence-electron chi connectivity index (χ3n) is 4.44. The second kappa shape index (κ2) is 6.22. The minimum absolute atomic E-state index is 0.836. The van der Waals surface area contributed by atoms with E-state index in [9.17, 15) is 0 Å². The predicted molar refractivity (Wildman–Crippen MR) is 94.1 cm³/mol. The fourth-order valence-electron chi connectivity index (χ4n) is 3.19. The van der Waals surface area contributed by atoms with Crippen LogP contribution >= 0.6 is 11.6 Å². The highest BCUT2D eigenvalue weighted by Crippen LogP contribution is 2.26. The van der Waals surface area contributed by atoms with E-state index in [1.807, 2.05) is 42.6 Å². The van der Waals surface area contributed by atoms with Crippen molar-refractivity contribution in [1.82, 2.24) is 14.3 Å². The van der Waals surface area contributed by atoms with Crippen LogP contribution in [0.5, 0.6) is 0 Å². The van der Waals surface area contributed by atoms with Crippen LogP contribution < -0.4 is 4.90 Å². The second-order valence-electron chi connectivity index (χ2n) is 5.89. The van der Waals surface area contributed by atoms with Gasteiger partial charge < -0.3 is 9.30 Å². The third-order valence-corrected chi connectivity index (χ3v) is 4.76. The smallest absolute Gasteiger partial charge is 0.136 e. The first-order valence-corrected chi connectivity index (χ1v) is 8.32. The van der Waals surface area contributed by atoms with Crippen LogP contribution in [0.1, 0.15) is 5.69 Å². The summed E-state index contributed by atoms with van der Waals surface area (Å²) in [6.07, 6.45) is 4.06. The molecule has 4 nitrogen and oxygen atoms in total. The van der Waals surface area contributed by atoms with Crippen LogP contribution in [0, 0.1) is 0 Å². The first-order valence-electron chi connectivity index (χ1n) is 7.94. The van der Waals surface area contributed by atoms with Gasteiger partial charge in [0.05, 0.1) is 22.6 Å². The van der Waals surface area contributed by atoms with Gasteiger partial charge in [-0.1, -0.05) is 29.8 Å². The van der Waals surface area contributed by atoms with Gasteiger partial charge in [-0.3, -0.25) is 4.90 Å². The Morgan fingerprint density at radius 2 is 1.74 bits per heavy atom. The molecule has 3 aromatic rings. The van der Waals surface area contributed by atoms with Crippen molar-refractivity contribution in [3.63, 3.8) is 0 Å². The maximum atomic E-state index is 6.31. The van der Waals surface area contributed by atoms with Gasteiger partial charge in [-0.2, -0.15) is 0 Å². The number of fused-ring (bicyclic) bond motifs is 1. The van der Waals surface area contributed by atoms with E-state index in [1.54, 1.807) is 0 Å². The number of aromatic nitrogens is 2. The highest BCUT2D eigenvalue weighted by Gasteiger charge is 2.19. The summed E-state index contributed by atoms with van der Waals surface area (Å²) in [6.45, 7) is 5.00. The Kier molecular flexibility index (Phi) is 3.93. The molecule has 0 spiro atoms. The van der Waals surface area contributed by atoms with Crippen molar-refractivity contribution in [1.29, 1.82) is 0 Å². The number of anilines is 1. The van der Waals surface area contributed by atoms with Crippen molar-refractivity contribution in [2.45, 2.75) is 6.54 Å². The molecule has 0 bridgehead atoms. The average Bonchev–Trinajstić information content (AvgIpc) is 2.99. The van der Waals surface area contributed by atoms with E-state index < -0.39 is 0 Å². The van der Waals surface area contributed by atoms with Crippen LogP contribution in [-0.4, -0.2) is 40.5 Å². The van der Waals surface area contributed by atoms with E-state index in [2.05, 4.69) is 31.4 Å². The van der Waals surface area contributed by atoms with Crippen molar-refractivity contribution in [3.8, 4) is 0 Å². The molecule has 5 heteroatoms. The van der Waals surface area contributed by atoms with E-state index in [0.29, 0.717) is 0 Å². The first-order chi connectivity index (χ1) is 11.3. The highest BCUT2D eigenvalue weighted by molar-refractivity contribution is 6.33. The van der Waals surface area contributed by atoms with Gasteiger partial charge in [-0.05, 0) is 24.3 Å². The number of halogens is 1. The van der Waals surface area contributed by atoms with E-state index in [1.165, 1.54) is 5.69 Å². The molecule has 1 aromatic carbocycles. The quantitative estimate of drug-likeness (QED) is 0.738. The molecule has 0 amide bonds. The van der Waals surface area contributed by atoms with E-state index >= 15 is 0 Å². The molecule has 23 heavy (non-hydrogen) atoms. The van der Waals surface area contributed by atoms with Crippen LogP contribution in [0.4, 0.5) is 5.69 Å². The van der Waals surface area contributed by atoms with Crippen LogP contribution in [0.15, 0.2) is 54.9 Å². The summed E-state index contributed by atoms with van der Waals surface area (Å²) in [5.41, 5.74) is 3.40. The fourth-order valence-corrected chi connectivity index (χ4v) is 3.44. The Balaban J connectivity index is 1.43. The number of piperazine rings is 1. The van der Waals surface area contributed by atoms with Crippen LogP contribution in [-0.2, 0) is 6.54 Å². The third kappa shape index (κ3) is 2.92. The molecule has 2 aromatic heterocycles. The van der Waals surface area contributed by atoms with Crippen molar-refractivity contribution in [3.05, 3.63) is 65.6 Å². The summed E-state index contributed by atoms with van der Waals surface area (Å²) in [5, 5.41) is 0.836. The van der Waals surface area contributed by atoms with E-state index in [0.717, 1.165) is 49.1 Å². The summed E-state index contributed by atoms with van der Waals surface area (Å²) in [6, 6.07) is 14.2. The molecular formula is C18H19ClN4. The first kappa shape index (κ1) is 14.5. The second-order valence-corrected chi connectivity index (χ2v) is 6.30. The van der Waals surface area contributed by atoms with Gasteiger partial charge in [0, 0.05) is 38.9 Å². The summed E-state index contributed by atoms with van der Waals surface area (Å²) < 4.78 is 2.17. The number of hydrogen-bond acceptors (Lipinski definition) is 3. The molecule has 0 atom stereocenters. The molecule has 118 valence electrons. The van der Waals surface area contributed by atoms with Gasteiger partial charge in [-0.15, -0.1) is 0 Å². The molecule has 0 unspecified atom stereocenters. The zero-order valence-corrected chi connectivity index (χ0v) is 13.7. The van der Waals surface area contributed by atoms with Gasteiger partial charge in [-0.25, -0.2) is 4.98 Å². The molecule has 0 saturated carbocycles. The summed E-state index contributed by atoms with van der Waals surface area (Å²) in [5.74, 6) is 0.